The maximum Gasteiger partial charge on any atom is 0.250 e. The molecule has 1 heterocycles. The van der Waals surface area contributed by atoms with Gasteiger partial charge in [0.05, 0.1) is 0 Å². The molecule has 0 saturated heterocycles. The first-order chi connectivity index (χ1) is 9.94. The van der Waals surface area contributed by atoms with Crippen LogP contribution in [0.15, 0.2) is 42.5 Å². The quantitative estimate of drug-likeness (QED) is 0.844. The number of nitrogens with one attached hydrogen (secondary N) is 2. The molecule has 1 amide bonds. The van der Waals surface area contributed by atoms with Gasteiger partial charge in [-0.2, -0.15) is 0 Å². The van der Waals surface area contributed by atoms with Crippen molar-refractivity contribution in [3.8, 4) is 0 Å². The van der Waals surface area contributed by atoms with Crippen LogP contribution in [0.2, 0.25) is 0 Å². The largest absolute Gasteiger partial charge is 0.324 e. The van der Waals surface area contributed by atoms with Crippen LogP contribution < -0.4 is 10.6 Å². The van der Waals surface area contributed by atoms with Crippen LogP contribution in [0.5, 0.6) is 0 Å². The Hall–Kier alpha value is -2.69. The fourth-order valence-electron chi connectivity index (χ4n) is 1.82. The lowest BCUT2D eigenvalue weighted by Gasteiger charge is -2.09. The zero-order valence-electron chi connectivity index (χ0n) is 12.4. The number of amides is 1. The molecule has 5 heteroatoms. The fourth-order valence-corrected chi connectivity index (χ4v) is 1.82. The van der Waals surface area contributed by atoms with Crippen molar-refractivity contribution in [3.63, 3.8) is 0 Å². The average Bonchev–Trinajstić information content (AvgIpc) is 2.37. The molecule has 0 unspecified atom stereocenters. The first kappa shape index (κ1) is 14.7. The highest BCUT2D eigenvalue weighted by atomic mass is 16.1. The summed E-state index contributed by atoms with van der Waals surface area (Å²) in [5.41, 5.74) is 3.76. The number of carbonyl (C=O) groups is 1. The summed E-state index contributed by atoms with van der Waals surface area (Å²) in [5.74, 6) is 0.339. The second kappa shape index (κ2) is 6.17. The number of anilines is 3. The molecule has 0 aliphatic heterocycles. The number of hydrogen-bond acceptors (Lipinski definition) is 4. The molecule has 0 aliphatic rings. The molecule has 0 radical (unpaired) electrons. The Balaban J connectivity index is 2.17. The smallest absolute Gasteiger partial charge is 0.250 e. The van der Waals surface area contributed by atoms with Crippen molar-refractivity contribution in [2.45, 2.75) is 20.8 Å². The van der Waals surface area contributed by atoms with Gasteiger partial charge in [-0.15, -0.1) is 0 Å². The normalized spacial score (nSPS) is 10.0. The van der Waals surface area contributed by atoms with Gasteiger partial charge < -0.3 is 10.6 Å². The van der Waals surface area contributed by atoms with Crippen molar-refractivity contribution in [1.29, 1.82) is 0 Å². The third kappa shape index (κ3) is 4.14. The molecule has 0 bridgehead atoms. The van der Waals surface area contributed by atoms with Crippen LogP contribution in [-0.4, -0.2) is 15.9 Å². The van der Waals surface area contributed by atoms with Crippen molar-refractivity contribution >= 4 is 23.2 Å². The number of carbonyl (C=O) groups excluding carboxylic acids is 1. The minimum absolute atomic E-state index is 0.199. The lowest BCUT2D eigenvalue weighted by molar-refractivity contribution is -0.112. The molecule has 108 valence electrons. The van der Waals surface area contributed by atoms with Gasteiger partial charge in [-0.1, -0.05) is 12.6 Å². The van der Waals surface area contributed by atoms with Crippen LogP contribution in [0.25, 0.3) is 0 Å². The average molecular weight is 282 g/mol. The van der Waals surface area contributed by atoms with E-state index in [0.29, 0.717) is 17.2 Å². The number of nitrogens with zero attached hydrogens (tertiary/aromatic N) is 2. The molecular weight excluding hydrogens is 264 g/mol. The molecule has 0 aliphatic carbocycles. The van der Waals surface area contributed by atoms with E-state index in [1.165, 1.54) is 0 Å². The van der Waals surface area contributed by atoms with Crippen molar-refractivity contribution in [2.24, 2.45) is 0 Å². The van der Waals surface area contributed by atoms with Gasteiger partial charge in [0.2, 0.25) is 5.95 Å². The molecule has 0 fully saturated rings. The van der Waals surface area contributed by atoms with Crippen LogP contribution in [0.4, 0.5) is 17.3 Å². The zero-order chi connectivity index (χ0) is 15.4. The van der Waals surface area contributed by atoms with Gasteiger partial charge in [-0.3, -0.25) is 4.79 Å². The molecule has 2 aromatic rings. The number of aryl methyl sites for hydroxylation is 2. The van der Waals surface area contributed by atoms with Gasteiger partial charge in [-0.05, 0) is 45.0 Å². The molecular formula is C16H18N4O. The van der Waals surface area contributed by atoms with E-state index in [9.17, 15) is 4.79 Å². The van der Waals surface area contributed by atoms with Crippen LogP contribution in [0, 0.1) is 13.8 Å². The summed E-state index contributed by atoms with van der Waals surface area (Å²) in [6.07, 6.45) is 0. The predicted molar refractivity (Wildman–Crippen MR) is 84.7 cm³/mol. The Kier molecular flexibility index (Phi) is 4.33. The number of rotatable bonds is 4. The SMILES string of the molecule is C=C(C)C(=O)Nc1cccc(Nc2nc(C)cc(C)n2)c1. The van der Waals surface area contributed by atoms with Gasteiger partial charge in [0, 0.05) is 28.3 Å². The molecule has 1 aromatic carbocycles. The first-order valence-electron chi connectivity index (χ1n) is 6.60. The summed E-state index contributed by atoms with van der Waals surface area (Å²) in [6, 6.07) is 9.28. The minimum atomic E-state index is -0.199. The number of benzene rings is 1. The van der Waals surface area contributed by atoms with E-state index in [1.807, 2.05) is 44.2 Å². The summed E-state index contributed by atoms with van der Waals surface area (Å²) in [4.78, 5) is 20.3. The zero-order valence-corrected chi connectivity index (χ0v) is 12.4. The summed E-state index contributed by atoms with van der Waals surface area (Å²) in [6.45, 7) is 9.12. The Morgan fingerprint density at radius 2 is 1.71 bits per heavy atom. The van der Waals surface area contributed by atoms with Crippen molar-refractivity contribution in [1.82, 2.24) is 9.97 Å². The molecule has 5 nitrogen and oxygen atoms in total. The Bertz CT molecular complexity index is 674. The van der Waals surface area contributed by atoms with Gasteiger partial charge >= 0.3 is 0 Å². The standard InChI is InChI=1S/C16H18N4O/c1-10(2)15(21)19-13-6-5-7-14(9-13)20-16-17-11(3)8-12(4)18-16/h5-9H,1H2,2-4H3,(H,19,21)(H,17,18,20). The molecule has 2 rings (SSSR count). The molecule has 0 saturated carbocycles. The van der Waals surface area contributed by atoms with Crippen molar-refractivity contribution < 1.29 is 4.79 Å². The van der Waals surface area contributed by atoms with Gasteiger partial charge in [0.15, 0.2) is 0 Å². The summed E-state index contributed by atoms with van der Waals surface area (Å²) < 4.78 is 0. The summed E-state index contributed by atoms with van der Waals surface area (Å²) >= 11 is 0. The molecule has 21 heavy (non-hydrogen) atoms. The third-order valence-corrected chi connectivity index (χ3v) is 2.75. The maximum atomic E-state index is 11.6. The highest BCUT2D eigenvalue weighted by Crippen LogP contribution is 2.19. The van der Waals surface area contributed by atoms with Crippen LogP contribution in [-0.2, 0) is 4.79 Å². The van der Waals surface area contributed by atoms with E-state index in [2.05, 4.69) is 27.2 Å². The molecule has 2 N–H and O–H groups in total. The number of hydrogen-bond donors (Lipinski definition) is 2. The van der Waals surface area contributed by atoms with E-state index in [1.54, 1.807) is 6.92 Å². The van der Waals surface area contributed by atoms with Crippen LogP contribution in [0.3, 0.4) is 0 Å². The van der Waals surface area contributed by atoms with E-state index in [-0.39, 0.29) is 5.91 Å². The highest BCUT2D eigenvalue weighted by Gasteiger charge is 2.04. The topological polar surface area (TPSA) is 66.9 Å². The second-order valence-corrected chi connectivity index (χ2v) is 4.91. The summed E-state index contributed by atoms with van der Waals surface area (Å²) in [7, 11) is 0. The molecule has 0 spiro atoms. The van der Waals surface area contributed by atoms with Gasteiger partial charge in [-0.25, -0.2) is 9.97 Å². The maximum absolute atomic E-state index is 11.6. The fraction of sp³-hybridized carbons (Fsp3) is 0.188. The monoisotopic (exact) mass is 282 g/mol. The van der Waals surface area contributed by atoms with E-state index >= 15 is 0 Å². The van der Waals surface area contributed by atoms with Gasteiger partial charge in [0.25, 0.3) is 5.91 Å². The highest BCUT2D eigenvalue weighted by molar-refractivity contribution is 6.03. The lowest BCUT2D eigenvalue weighted by atomic mass is 10.2. The third-order valence-electron chi connectivity index (χ3n) is 2.75. The predicted octanol–water partition coefficient (Wildman–Crippen LogP) is 3.35. The van der Waals surface area contributed by atoms with Crippen LogP contribution in [0.1, 0.15) is 18.3 Å². The summed E-state index contributed by atoms with van der Waals surface area (Å²) in [5, 5.41) is 5.90. The first-order valence-corrected chi connectivity index (χ1v) is 6.60. The van der Waals surface area contributed by atoms with Crippen LogP contribution >= 0.6 is 0 Å². The van der Waals surface area contributed by atoms with Gasteiger partial charge in [0.1, 0.15) is 0 Å². The second-order valence-electron chi connectivity index (χ2n) is 4.91. The number of aromatic nitrogens is 2. The molecule has 0 atom stereocenters. The van der Waals surface area contributed by atoms with E-state index < -0.39 is 0 Å². The Morgan fingerprint density at radius 3 is 2.33 bits per heavy atom. The minimum Gasteiger partial charge on any atom is -0.324 e. The van der Waals surface area contributed by atoms with Crippen molar-refractivity contribution in [2.75, 3.05) is 10.6 Å². The van der Waals surface area contributed by atoms with Crippen molar-refractivity contribution in [3.05, 3.63) is 53.9 Å². The Labute approximate surface area is 124 Å². The van der Waals surface area contributed by atoms with E-state index in [4.69, 9.17) is 0 Å². The lowest BCUT2D eigenvalue weighted by Crippen LogP contribution is -2.11. The Morgan fingerprint density at radius 1 is 1.10 bits per heavy atom. The molecule has 1 aromatic heterocycles. The van der Waals surface area contributed by atoms with E-state index in [0.717, 1.165) is 17.1 Å².